The number of nitrogens with zero attached hydrogens (tertiary/aromatic N) is 2. The fourth-order valence-corrected chi connectivity index (χ4v) is 4.61. The minimum Gasteiger partial charge on any atom is -0.493 e. The molecule has 1 aromatic heterocycles. The van der Waals surface area contributed by atoms with Gasteiger partial charge >= 0.3 is 0 Å². The van der Waals surface area contributed by atoms with Crippen LogP contribution in [0.15, 0.2) is 36.5 Å². The molecule has 1 saturated heterocycles. The lowest BCUT2D eigenvalue weighted by Gasteiger charge is -2.23. The van der Waals surface area contributed by atoms with Crippen LogP contribution in [0.1, 0.15) is 49.8 Å². The summed E-state index contributed by atoms with van der Waals surface area (Å²) in [5, 5.41) is 3.06. The molecular formula is C25H33N3O4. The fraction of sp³-hybridized carbons (Fsp3) is 0.520. The fourth-order valence-electron chi connectivity index (χ4n) is 4.61. The second-order valence-electron chi connectivity index (χ2n) is 8.54. The summed E-state index contributed by atoms with van der Waals surface area (Å²) in [5.41, 5.74) is 2.26. The summed E-state index contributed by atoms with van der Waals surface area (Å²) >= 11 is 0. The van der Waals surface area contributed by atoms with Crippen molar-refractivity contribution in [2.45, 2.75) is 51.0 Å². The van der Waals surface area contributed by atoms with Crippen LogP contribution in [0.5, 0.6) is 17.2 Å². The number of amides is 1. The third kappa shape index (κ3) is 5.33. The lowest BCUT2D eigenvalue weighted by atomic mass is 9.94. The Labute approximate surface area is 190 Å². The van der Waals surface area contributed by atoms with Crippen LogP contribution in [0.25, 0.3) is 0 Å². The van der Waals surface area contributed by atoms with E-state index in [2.05, 4.69) is 40.3 Å². The topological polar surface area (TPSA) is 72.9 Å². The zero-order valence-corrected chi connectivity index (χ0v) is 19.0. The zero-order chi connectivity index (χ0) is 22.3. The number of unbranched alkanes of at least 4 members (excludes halogenated alkanes) is 1. The average molecular weight is 440 g/mol. The highest BCUT2D eigenvalue weighted by Crippen LogP contribution is 2.45. The van der Waals surface area contributed by atoms with Gasteiger partial charge < -0.3 is 19.5 Å². The molecule has 172 valence electrons. The Morgan fingerprint density at radius 3 is 3.00 bits per heavy atom. The van der Waals surface area contributed by atoms with E-state index in [4.69, 9.17) is 14.2 Å². The van der Waals surface area contributed by atoms with Crippen LogP contribution in [0.3, 0.4) is 0 Å². The lowest BCUT2D eigenvalue weighted by molar-refractivity contribution is -0.122. The third-order valence-electron chi connectivity index (χ3n) is 6.34. The van der Waals surface area contributed by atoms with Gasteiger partial charge in [0, 0.05) is 31.0 Å². The molecule has 7 heteroatoms. The van der Waals surface area contributed by atoms with Gasteiger partial charge in [0.15, 0.2) is 11.5 Å². The summed E-state index contributed by atoms with van der Waals surface area (Å²) < 4.78 is 16.7. The van der Waals surface area contributed by atoms with Gasteiger partial charge in [0.05, 0.1) is 13.7 Å². The molecule has 1 N–H and O–H groups in total. The smallest absolute Gasteiger partial charge is 0.234 e. The van der Waals surface area contributed by atoms with E-state index in [9.17, 15) is 4.79 Å². The van der Waals surface area contributed by atoms with Crippen molar-refractivity contribution in [1.29, 1.82) is 0 Å². The van der Waals surface area contributed by atoms with Gasteiger partial charge in [-0.1, -0.05) is 19.4 Å². The summed E-state index contributed by atoms with van der Waals surface area (Å²) in [6, 6.07) is 10.5. The first kappa shape index (κ1) is 22.4. The van der Waals surface area contributed by atoms with E-state index in [1.54, 1.807) is 7.11 Å². The number of aromatic nitrogens is 1. The van der Waals surface area contributed by atoms with Gasteiger partial charge in [0.1, 0.15) is 0 Å². The maximum Gasteiger partial charge on any atom is 0.234 e. The van der Waals surface area contributed by atoms with Gasteiger partial charge in [-0.25, -0.2) is 0 Å². The molecule has 1 aromatic carbocycles. The molecule has 4 rings (SSSR count). The Bertz CT molecular complexity index is 906. The van der Waals surface area contributed by atoms with E-state index in [1.165, 1.54) is 5.56 Å². The number of methoxy groups -OCH3 is 1. The third-order valence-corrected chi connectivity index (χ3v) is 6.34. The van der Waals surface area contributed by atoms with E-state index in [1.807, 2.05) is 18.3 Å². The maximum atomic E-state index is 12.6. The van der Waals surface area contributed by atoms with E-state index in [-0.39, 0.29) is 12.7 Å². The Morgan fingerprint density at radius 2 is 2.22 bits per heavy atom. The molecule has 3 heterocycles. The molecule has 2 aliphatic heterocycles. The second-order valence-corrected chi connectivity index (χ2v) is 8.54. The SMILES string of the molecule is CCCCNC(=O)CN1CC(c2cc(OC)c3c(c2)OCO3)CC1CCc1ccccn1. The van der Waals surface area contributed by atoms with Crippen LogP contribution in [-0.4, -0.2) is 55.4 Å². The molecule has 2 aromatic rings. The molecule has 32 heavy (non-hydrogen) atoms. The summed E-state index contributed by atoms with van der Waals surface area (Å²) in [4.78, 5) is 19.4. The summed E-state index contributed by atoms with van der Waals surface area (Å²) in [5.74, 6) is 2.52. The minimum absolute atomic E-state index is 0.102. The molecule has 0 bridgehead atoms. The van der Waals surface area contributed by atoms with E-state index in [0.29, 0.717) is 30.0 Å². The normalized spacial score (nSPS) is 19.8. The first-order chi connectivity index (χ1) is 15.7. The number of hydrogen-bond donors (Lipinski definition) is 1. The van der Waals surface area contributed by atoms with Crippen molar-refractivity contribution in [2.24, 2.45) is 0 Å². The molecule has 0 saturated carbocycles. The van der Waals surface area contributed by atoms with Crippen molar-refractivity contribution < 1.29 is 19.0 Å². The monoisotopic (exact) mass is 439 g/mol. The number of aryl methyl sites for hydroxylation is 1. The number of pyridine rings is 1. The Kier molecular flexibility index (Phi) is 7.47. The Balaban J connectivity index is 1.47. The number of likely N-dealkylation sites (tertiary alicyclic amines) is 1. The quantitative estimate of drug-likeness (QED) is 0.571. The Hall–Kier alpha value is -2.80. The lowest BCUT2D eigenvalue weighted by Crippen LogP contribution is -2.40. The molecule has 0 spiro atoms. The van der Waals surface area contributed by atoms with Gasteiger partial charge in [0.2, 0.25) is 18.4 Å². The van der Waals surface area contributed by atoms with Crippen molar-refractivity contribution in [3.8, 4) is 17.2 Å². The number of carbonyl (C=O) groups excluding carboxylic acids is 1. The molecule has 7 nitrogen and oxygen atoms in total. The molecule has 2 atom stereocenters. The van der Waals surface area contributed by atoms with Crippen LogP contribution in [0, 0.1) is 0 Å². The predicted octanol–water partition coefficient (Wildman–Crippen LogP) is 3.53. The molecule has 0 radical (unpaired) electrons. The number of rotatable bonds is 10. The molecule has 2 aliphatic rings. The maximum absolute atomic E-state index is 12.6. The van der Waals surface area contributed by atoms with Crippen molar-refractivity contribution in [1.82, 2.24) is 15.2 Å². The highest BCUT2D eigenvalue weighted by molar-refractivity contribution is 5.78. The summed E-state index contributed by atoms with van der Waals surface area (Å²) in [6.45, 7) is 4.34. The largest absolute Gasteiger partial charge is 0.493 e. The number of ether oxygens (including phenoxy) is 3. The van der Waals surface area contributed by atoms with Gasteiger partial charge in [-0.2, -0.15) is 0 Å². The van der Waals surface area contributed by atoms with Crippen LogP contribution in [0.4, 0.5) is 0 Å². The minimum atomic E-state index is 0.102. The number of fused-ring (bicyclic) bond motifs is 1. The highest BCUT2D eigenvalue weighted by atomic mass is 16.7. The van der Waals surface area contributed by atoms with Crippen molar-refractivity contribution >= 4 is 5.91 Å². The highest BCUT2D eigenvalue weighted by Gasteiger charge is 2.35. The first-order valence-corrected chi connectivity index (χ1v) is 11.6. The van der Waals surface area contributed by atoms with Crippen molar-refractivity contribution in [3.05, 3.63) is 47.8 Å². The van der Waals surface area contributed by atoms with Crippen LogP contribution in [0.2, 0.25) is 0 Å². The van der Waals surface area contributed by atoms with Gasteiger partial charge in [0.25, 0.3) is 0 Å². The number of benzene rings is 1. The summed E-state index contributed by atoms with van der Waals surface area (Å²) in [7, 11) is 1.65. The van der Waals surface area contributed by atoms with Gasteiger partial charge in [-0.3, -0.25) is 14.7 Å². The molecule has 0 aliphatic carbocycles. The van der Waals surface area contributed by atoms with Gasteiger partial charge in [-0.15, -0.1) is 0 Å². The summed E-state index contributed by atoms with van der Waals surface area (Å²) in [6.07, 6.45) is 6.77. The van der Waals surface area contributed by atoms with E-state index >= 15 is 0 Å². The number of carbonyl (C=O) groups is 1. The molecule has 1 amide bonds. The number of nitrogens with one attached hydrogen (secondary N) is 1. The van der Waals surface area contributed by atoms with Gasteiger partial charge in [-0.05, 0) is 61.4 Å². The number of hydrogen-bond acceptors (Lipinski definition) is 6. The average Bonchev–Trinajstić information content (AvgIpc) is 3.45. The van der Waals surface area contributed by atoms with E-state index < -0.39 is 0 Å². The standard InChI is InChI=1S/C25H33N3O4/c1-3-4-10-27-24(29)16-28-15-19(12-21(28)9-8-20-7-5-6-11-26-20)18-13-22(30-2)25-23(14-18)31-17-32-25/h5-7,11,13-14,19,21H,3-4,8-10,12,15-17H2,1-2H3,(H,27,29). The second kappa shape index (κ2) is 10.7. The van der Waals surface area contributed by atoms with Crippen LogP contribution < -0.4 is 19.5 Å². The molecule has 1 fully saturated rings. The van der Waals surface area contributed by atoms with Crippen LogP contribution in [-0.2, 0) is 11.2 Å². The molecular weight excluding hydrogens is 406 g/mol. The zero-order valence-electron chi connectivity index (χ0n) is 19.0. The van der Waals surface area contributed by atoms with Crippen LogP contribution >= 0.6 is 0 Å². The van der Waals surface area contributed by atoms with E-state index in [0.717, 1.165) is 56.6 Å². The van der Waals surface area contributed by atoms with Crippen molar-refractivity contribution in [3.63, 3.8) is 0 Å². The first-order valence-electron chi connectivity index (χ1n) is 11.6. The van der Waals surface area contributed by atoms with Crippen molar-refractivity contribution in [2.75, 3.05) is 33.5 Å². The predicted molar refractivity (Wildman–Crippen MR) is 122 cm³/mol. The Morgan fingerprint density at radius 1 is 1.31 bits per heavy atom. The molecule has 2 unspecified atom stereocenters.